The first-order chi connectivity index (χ1) is 14.6. The fraction of sp³-hybridized carbons (Fsp3) is 0.417. The van der Waals surface area contributed by atoms with Gasteiger partial charge >= 0.3 is 0 Å². The molecule has 6 nitrogen and oxygen atoms in total. The van der Waals surface area contributed by atoms with E-state index in [1.807, 2.05) is 6.08 Å². The Bertz CT molecular complexity index is 944. The van der Waals surface area contributed by atoms with E-state index in [2.05, 4.69) is 54.3 Å². The number of terminal acetylenes is 1. The molecule has 0 aromatic heterocycles. The van der Waals surface area contributed by atoms with Gasteiger partial charge in [0.15, 0.2) is 0 Å². The van der Waals surface area contributed by atoms with Gasteiger partial charge in [-0.25, -0.2) is 4.99 Å². The summed E-state index contributed by atoms with van der Waals surface area (Å²) < 4.78 is 5.49. The van der Waals surface area contributed by atoms with Crippen LogP contribution in [0.2, 0.25) is 0 Å². The number of benzene rings is 1. The highest BCUT2D eigenvalue weighted by atomic mass is 16.5. The third-order valence-electron chi connectivity index (χ3n) is 5.71. The lowest BCUT2D eigenvalue weighted by molar-refractivity contribution is -0.124. The highest BCUT2D eigenvalue weighted by molar-refractivity contribution is 6.03. The number of morpholine rings is 1. The van der Waals surface area contributed by atoms with E-state index in [9.17, 15) is 4.79 Å². The minimum Gasteiger partial charge on any atom is -0.378 e. The van der Waals surface area contributed by atoms with Crippen LogP contribution in [-0.4, -0.2) is 60.9 Å². The number of anilines is 1. The summed E-state index contributed by atoms with van der Waals surface area (Å²) in [5, 5.41) is 3.47. The molecule has 1 N–H and O–H groups in total. The second-order valence-corrected chi connectivity index (χ2v) is 8.04. The predicted octanol–water partition coefficient (Wildman–Crippen LogP) is 2.97. The number of amides is 1. The second kappa shape index (κ2) is 8.76. The van der Waals surface area contributed by atoms with Crippen LogP contribution in [0.4, 0.5) is 5.69 Å². The molecule has 1 aromatic rings. The van der Waals surface area contributed by atoms with Crippen molar-refractivity contribution >= 4 is 17.4 Å². The van der Waals surface area contributed by atoms with Gasteiger partial charge < -0.3 is 19.9 Å². The molecule has 156 valence electrons. The monoisotopic (exact) mass is 404 g/mol. The molecule has 0 spiro atoms. The van der Waals surface area contributed by atoms with E-state index in [0.717, 1.165) is 36.0 Å². The predicted molar refractivity (Wildman–Crippen MR) is 119 cm³/mol. The Morgan fingerprint density at radius 2 is 1.97 bits per heavy atom. The topological polar surface area (TPSA) is 57.2 Å². The third-order valence-corrected chi connectivity index (χ3v) is 5.71. The minimum atomic E-state index is -0.0177. The number of nitrogens with zero attached hydrogens (tertiary/aromatic N) is 3. The van der Waals surface area contributed by atoms with Crippen molar-refractivity contribution in [3.8, 4) is 12.3 Å². The number of likely N-dealkylation sites (tertiary alicyclic amines) is 1. The van der Waals surface area contributed by atoms with E-state index in [0.29, 0.717) is 44.2 Å². The number of aliphatic imine (C=N–C) groups is 1. The zero-order valence-corrected chi connectivity index (χ0v) is 17.6. The van der Waals surface area contributed by atoms with Crippen LogP contribution in [0.1, 0.15) is 31.7 Å². The summed E-state index contributed by atoms with van der Waals surface area (Å²) in [4.78, 5) is 21.8. The Labute approximate surface area is 178 Å². The van der Waals surface area contributed by atoms with Crippen molar-refractivity contribution in [3.63, 3.8) is 0 Å². The van der Waals surface area contributed by atoms with E-state index in [-0.39, 0.29) is 5.91 Å². The smallest absolute Gasteiger partial charge is 0.255 e. The lowest BCUT2D eigenvalue weighted by atomic mass is 10.0. The summed E-state index contributed by atoms with van der Waals surface area (Å²) in [6.07, 6.45) is 8.08. The molecule has 1 amide bonds. The fourth-order valence-corrected chi connectivity index (χ4v) is 3.95. The van der Waals surface area contributed by atoms with E-state index in [1.165, 1.54) is 5.56 Å². The van der Waals surface area contributed by atoms with Gasteiger partial charge in [-0.1, -0.05) is 38.0 Å². The molecule has 3 heterocycles. The number of carbonyl (C=O) groups excluding carboxylic acids is 1. The van der Waals surface area contributed by atoms with Crippen molar-refractivity contribution < 1.29 is 9.53 Å². The maximum atomic E-state index is 12.9. The van der Waals surface area contributed by atoms with Gasteiger partial charge in [0.05, 0.1) is 26.3 Å². The van der Waals surface area contributed by atoms with Crippen molar-refractivity contribution in [2.45, 2.75) is 26.2 Å². The normalized spacial score (nSPS) is 19.3. The Hall–Kier alpha value is -3.04. The SMILES string of the molecule is C#CCN1CC2=C(Nc3ccc(C(C)C)cc3)N=C(N3CCOCC3)CC=C2C1=O. The van der Waals surface area contributed by atoms with Gasteiger partial charge in [-0.3, -0.25) is 4.79 Å². The Kier molecular flexibility index (Phi) is 5.91. The van der Waals surface area contributed by atoms with Crippen molar-refractivity contribution in [1.82, 2.24) is 9.80 Å². The molecule has 0 bridgehead atoms. The molecule has 0 unspecified atom stereocenters. The maximum Gasteiger partial charge on any atom is 0.255 e. The van der Waals surface area contributed by atoms with Gasteiger partial charge in [0.2, 0.25) is 0 Å². The number of ether oxygens (including phenoxy) is 1. The number of amidine groups is 1. The Balaban J connectivity index is 1.69. The number of rotatable bonds is 4. The summed E-state index contributed by atoms with van der Waals surface area (Å²) in [6, 6.07) is 8.39. The number of fused-ring (bicyclic) bond motifs is 1. The molecule has 2 fully saturated rings. The van der Waals surface area contributed by atoms with Crippen LogP contribution in [0.25, 0.3) is 0 Å². The second-order valence-electron chi connectivity index (χ2n) is 8.04. The van der Waals surface area contributed by atoms with E-state index in [1.54, 1.807) is 4.90 Å². The summed E-state index contributed by atoms with van der Waals surface area (Å²) in [5.74, 6) is 4.73. The van der Waals surface area contributed by atoms with E-state index < -0.39 is 0 Å². The van der Waals surface area contributed by atoms with Crippen LogP contribution in [0, 0.1) is 12.3 Å². The van der Waals surface area contributed by atoms with Crippen LogP contribution in [0.15, 0.2) is 52.3 Å². The molecule has 4 rings (SSSR count). The van der Waals surface area contributed by atoms with E-state index >= 15 is 0 Å². The molecule has 3 aliphatic heterocycles. The van der Waals surface area contributed by atoms with Crippen molar-refractivity contribution in [3.05, 3.63) is 52.9 Å². The zero-order chi connectivity index (χ0) is 21.1. The maximum absolute atomic E-state index is 12.9. The largest absolute Gasteiger partial charge is 0.378 e. The Morgan fingerprint density at radius 1 is 1.23 bits per heavy atom. The third kappa shape index (κ3) is 4.12. The molecule has 0 saturated carbocycles. The molecule has 0 aliphatic carbocycles. The highest BCUT2D eigenvalue weighted by Gasteiger charge is 2.34. The van der Waals surface area contributed by atoms with Crippen molar-refractivity contribution in [1.29, 1.82) is 0 Å². The molecular formula is C24H28N4O2. The molecule has 0 atom stereocenters. The summed E-state index contributed by atoms with van der Waals surface area (Å²) in [5.41, 5.74) is 3.86. The average molecular weight is 405 g/mol. The number of nitrogens with one attached hydrogen (secondary N) is 1. The molecular weight excluding hydrogens is 376 g/mol. The minimum absolute atomic E-state index is 0.0177. The van der Waals surface area contributed by atoms with Gasteiger partial charge in [0, 0.05) is 36.3 Å². The van der Waals surface area contributed by atoms with Crippen LogP contribution < -0.4 is 5.32 Å². The van der Waals surface area contributed by atoms with E-state index in [4.69, 9.17) is 16.2 Å². The first-order valence-corrected chi connectivity index (χ1v) is 10.5. The molecule has 1 aromatic carbocycles. The van der Waals surface area contributed by atoms with Crippen LogP contribution in [0.5, 0.6) is 0 Å². The van der Waals surface area contributed by atoms with Crippen molar-refractivity contribution in [2.75, 3.05) is 44.7 Å². The lowest BCUT2D eigenvalue weighted by Crippen LogP contribution is -2.40. The quantitative estimate of drug-likeness (QED) is 0.784. The molecule has 2 saturated heterocycles. The number of carbonyl (C=O) groups is 1. The summed E-state index contributed by atoms with van der Waals surface area (Å²) in [6.45, 7) is 8.14. The Morgan fingerprint density at radius 3 is 2.63 bits per heavy atom. The van der Waals surface area contributed by atoms with Gasteiger partial charge in [0.1, 0.15) is 11.7 Å². The van der Waals surface area contributed by atoms with Gasteiger partial charge in [-0.05, 0) is 23.6 Å². The van der Waals surface area contributed by atoms with Gasteiger partial charge in [0.25, 0.3) is 5.91 Å². The first kappa shape index (κ1) is 20.2. The van der Waals surface area contributed by atoms with Crippen LogP contribution >= 0.6 is 0 Å². The zero-order valence-electron chi connectivity index (χ0n) is 17.6. The van der Waals surface area contributed by atoms with Crippen molar-refractivity contribution in [2.24, 2.45) is 4.99 Å². The van der Waals surface area contributed by atoms with Gasteiger partial charge in [-0.15, -0.1) is 6.42 Å². The molecule has 6 heteroatoms. The lowest BCUT2D eigenvalue weighted by Gasteiger charge is -2.29. The van der Waals surface area contributed by atoms with Crippen LogP contribution in [-0.2, 0) is 9.53 Å². The highest BCUT2D eigenvalue weighted by Crippen LogP contribution is 2.31. The molecule has 3 aliphatic rings. The fourth-order valence-electron chi connectivity index (χ4n) is 3.95. The molecule has 30 heavy (non-hydrogen) atoms. The first-order valence-electron chi connectivity index (χ1n) is 10.5. The summed E-state index contributed by atoms with van der Waals surface area (Å²) >= 11 is 0. The number of hydrogen-bond donors (Lipinski definition) is 1. The standard InChI is InChI=1S/C24H28N4O2/c1-4-11-28-16-21-20(24(28)29)9-10-22(27-12-14-30-15-13-27)26-23(21)25-19-7-5-18(6-8-19)17(2)3/h1,5-9,17,25H,10-16H2,2-3H3. The average Bonchev–Trinajstić information content (AvgIpc) is 2.95. The molecule has 0 radical (unpaired) electrons. The number of hydrogen-bond acceptors (Lipinski definition) is 5. The van der Waals surface area contributed by atoms with Crippen LogP contribution in [0.3, 0.4) is 0 Å². The van der Waals surface area contributed by atoms with Gasteiger partial charge in [-0.2, -0.15) is 0 Å². The summed E-state index contributed by atoms with van der Waals surface area (Å²) in [7, 11) is 0.